The van der Waals surface area contributed by atoms with Crippen molar-refractivity contribution in [2.24, 2.45) is 5.92 Å². The molecule has 1 aliphatic carbocycles. The largest absolute Gasteiger partial charge is 0.490 e. The third kappa shape index (κ3) is 5.66. The zero-order chi connectivity index (χ0) is 22.6. The molecule has 0 saturated heterocycles. The van der Waals surface area contributed by atoms with Crippen molar-refractivity contribution in [2.45, 2.75) is 44.9 Å². The Morgan fingerprint density at radius 1 is 1.35 bits per heavy atom. The van der Waals surface area contributed by atoms with Crippen LogP contribution in [0.15, 0.2) is 29.2 Å². The number of rotatable bonds is 6. The summed E-state index contributed by atoms with van der Waals surface area (Å²) in [5, 5.41) is 11.7. The average Bonchev–Trinajstić information content (AvgIpc) is 3.20. The van der Waals surface area contributed by atoms with Gasteiger partial charge in [-0.2, -0.15) is 18.3 Å². The first-order valence-corrected chi connectivity index (χ1v) is 9.98. The molecule has 1 unspecified atom stereocenters. The molecular formula is C20H24F3N3O5. The van der Waals surface area contributed by atoms with Gasteiger partial charge in [0, 0.05) is 19.7 Å². The van der Waals surface area contributed by atoms with E-state index in [4.69, 9.17) is 19.1 Å². The van der Waals surface area contributed by atoms with Gasteiger partial charge in [0.25, 0.3) is 5.91 Å². The lowest BCUT2D eigenvalue weighted by molar-refractivity contribution is -0.192. The molecule has 1 N–H and O–H groups in total. The van der Waals surface area contributed by atoms with Crippen molar-refractivity contribution in [1.29, 1.82) is 0 Å². The summed E-state index contributed by atoms with van der Waals surface area (Å²) in [5.41, 5.74) is 2.99. The Hall–Kier alpha value is -2.82. The minimum atomic E-state index is -5.08. The number of hydrogen-bond donors (Lipinski definition) is 1. The molecule has 31 heavy (non-hydrogen) atoms. The maximum absolute atomic E-state index is 12.9. The number of fused-ring (bicyclic) bond motifs is 1. The molecule has 8 nitrogen and oxygen atoms in total. The standard InChI is InChI=1S/C18H23N3O3.C2HF3O2/c1-2-23-12-16-17-14(9-19-21(17)10-13-3-4-13)5-7-20(16)18(22)15-6-8-24-11-15;3-2(4,5)1(6)7/h6,8-9,11,13,16H,2-5,7,10,12H2,1H3;(H,6,7). The fourth-order valence-electron chi connectivity index (χ4n) is 3.44. The van der Waals surface area contributed by atoms with Gasteiger partial charge in [0.15, 0.2) is 0 Å². The molecule has 1 aliphatic heterocycles. The van der Waals surface area contributed by atoms with Crippen molar-refractivity contribution in [2.75, 3.05) is 19.8 Å². The van der Waals surface area contributed by atoms with Crippen molar-refractivity contribution in [3.05, 3.63) is 41.6 Å². The highest BCUT2D eigenvalue weighted by molar-refractivity contribution is 5.94. The van der Waals surface area contributed by atoms with Crippen LogP contribution in [0.1, 0.15) is 47.4 Å². The Morgan fingerprint density at radius 3 is 2.61 bits per heavy atom. The number of furan rings is 1. The summed E-state index contributed by atoms with van der Waals surface area (Å²) in [5.74, 6) is -2.02. The average molecular weight is 443 g/mol. The smallest absolute Gasteiger partial charge is 0.475 e. The van der Waals surface area contributed by atoms with Crippen molar-refractivity contribution in [3.8, 4) is 0 Å². The lowest BCUT2D eigenvalue weighted by atomic mass is 9.99. The van der Waals surface area contributed by atoms with Crippen molar-refractivity contribution >= 4 is 11.9 Å². The summed E-state index contributed by atoms with van der Waals surface area (Å²) in [6.45, 7) is 4.75. The summed E-state index contributed by atoms with van der Waals surface area (Å²) >= 11 is 0. The molecule has 0 aromatic carbocycles. The van der Waals surface area contributed by atoms with Crippen LogP contribution in [0.25, 0.3) is 0 Å². The number of carbonyl (C=O) groups is 2. The molecule has 1 saturated carbocycles. The number of carbonyl (C=O) groups excluding carboxylic acids is 1. The number of aromatic nitrogens is 2. The summed E-state index contributed by atoms with van der Waals surface area (Å²) < 4.78 is 44.6. The molecule has 0 bridgehead atoms. The normalized spacial score (nSPS) is 18.2. The van der Waals surface area contributed by atoms with E-state index in [1.54, 1.807) is 6.07 Å². The van der Waals surface area contributed by atoms with Gasteiger partial charge in [-0.1, -0.05) is 0 Å². The Bertz CT molecular complexity index is 891. The fraction of sp³-hybridized carbons (Fsp3) is 0.550. The molecule has 2 aromatic heterocycles. The molecule has 1 amide bonds. The van der Waals surface area contributed by atoms with Crippen LogP contribution in [-0.2, 0) is 22.5 Å². The minimum absolute atomic E-state index is 0.00160. The predicted octanol–water partition coefficient (Wildman–Crippen LogP) is 3.30. The van der Waals surface area contributed by atoms with E-state index < -0.39 is 12.1 Å². The second-order valence-electron chi connectivity index (χ2n) is 7.42. The fourth-order valence-corrected chi connectivity index (χ4v) is 3.44. The van der Waals surface area contributed by atoms with Crippen molar-refractivity contribution in [3.63, 3.8) is 0 Å². The van der Waals surface area contributed by atoms with Crippen LogP contribution in [0, 0.1) is 5.92 Å². The molecular weight excluding hydrogens is 419 g/mol. The minimum Gasteiger partial charge on any atom is -0.475 e. The number of hydrogen-bond acceptors (Lipinski definition) is 5. The Kier molecular flexibility index (Phi) is 7.04. The Morgan fingerprint density at radius 2 is 2.06 bits per heavy atom. The SMILES string of the molecule is CCOCC1c2c(cnn2CC2CC2)CCN1C(=O)c1ccoc1.O=C(O)C(F)(F)F. The molecule has 2 aromatic rings. The van der Waals surface area contributed by atoms with Crippen LogP contribution in [0.2, 0.25) is 0 Å². The van der Waals surface area contributed by atoms with E-state index in [2.05, 4.69) is 9.78 Å². The Labute approximate surface area is 176 Å². The topological polar surface area (TPSA) is 97.8 Å². The summed E-state index contributed by atoms with van der Waals surface area (Å²) in [4.78, 5) is 23.7. The highest BCUT2D eigenvalue weighted by atomic mass is 19.4. The van der Waals surface area contributed by atoms with Gasteiger partial charge in [0.1, 0.15) is 6.26 Å². The van der Waals surface area contributed by atoms with E-state index in [1.807, 2.05) is 18.0 Å². The molecule has 3 heterocycles. The monoisotopic (exact) mass is 443 g/mol. The predicted molar refractivity (Wildman–Crippen MR) is 101 cm³/mol. The van der Waals surface area contributed by atoms with E-state index >= 15 is 0 Å². The first kappa shape index (κ1) is 22.9. The van der Waals surface area contributed by atoms with Gasteiger partial charge in [-0.15, -0.1) is 0 Å². The van der Waals surface area contributed by atoms with E-state index in [0.717, 1.165) is 24.6 Å². The van der Waals surface area contributed by atoms with Gasteiger partial charge in [-0.05, 0) is 43.7 Å². The first-order valence-electron chi connectivity index (χ1n) is 9.98. The van der Waals surface area contributed by atoms with Crippen LogP contribution in [0.4, 0.5) is 13.2 Å². The van der Waals surface area contributed by atoms with Gasteiger partial charge in [-0.3, -0.25) is 9.48 Å². The van der Waals surface area contributed by atoms with E-state index in [-0.39, 0.29) is 11.9 Å². The number of aliphatic carboxylic acids is 1. The van der Waals surface area contributed by atoms with Crippen LogP contribution in [0.3, 0.4) is 0 Å². The van der Waals surface area contributed by atoms with Crippen LogP contribution in [-0.4, -0.2) is 57.6 Å². The summed E-state index contributed by atoms with van der Waals surface area (Å²) in [6.07, 6.45) is 3.34. The van der Waals surface area contributed by atoms with E-state index in [1.165, 1.54) is 30.9 Å². The molecule has 170 valence electrons. The lowest BCUT2D eigenvalue weighted by Gasteiger charge is -2.36. The van der Waals surface area contributed by atoms with Gasteiger partial charge in [0.2, 0.25) is 0 Å². The molecule has 11 heteroatoms. The number of halogens is 3. The number of ether oxygens (including phenoxy) is 1. The third-order valence-electron chi connectivity index (χ3n) is 5.15. The number of amides is 1. The number of carboxylic acids is 1. The third-order valence-corrected chi connectivity index (χ3v) is 5.15. The quantitative estimate of drug-likeness (QED) is 0.736. The lowest BCUT2D eigenvalue weighted by Crippen LogP contribution is -2.42. The first-order chi connectivity index (χ1) is 14.7. The van der Waals surface area contributed by atoms with Gasteiger partial charge >= 0.3 is 12.1 Å². The summed E-state index contributed by atoms with van der Waals surface area (Å²) in [7, 11) is 0. The van der Waals surface area contributed by atoms with Crippen LogP contribution >= 0.6 is 0 Å². The van der Waals surface area contributed by atoms with Gasteiger partial charge < -0.3 is 19.2 Å². The number of nitrogens with zero attached hydrogens (tertiary/aromatic N) is 3. The summed E-state index contributed by atoms with van der Waals surface area (Å²) in [6, 6.07) is 1.63. The molecule has 4 rings (SSSR count). The molecule has 1 atom stereocenters. The van der Waals surface area contributed by atoms with E-state index in [0.29, 0.717) is 25.3 Å². The Balaban J connectivity index is 0.000000339. The second-order valence-corrected chi connectivity index (χ2v) is 7.42. The molecule has 1 fully saturated rings. The molecule has 0 spiro atoms. The maximum atomic E-state index is 12.9. The zero-order valence-electron chi connectivity index (χ0n) is 17.0. The van der Waals surface area contributed by atoms with Crippen molar-refractivity contribution < 1.29 is 37.0 Å². The maximum Gasteiger partial charge on any atom is 0.490 e. The van der Waals surface area contributed by atoms with Gasteiger partial charge in [-0.25, -0.2) is 4.79 Å². The second kappa shape index (κ2) is 9.54. The highest BCUT2D eigenvalue weighted by Crippen LogP contribution is 2.35. The van der Waals surface area contributed by atoms with Crippen LogP contribution in [0.5, 0.6) is 0 Å². The zero-order valence-corrected chi connectivity index (χ0v) is 17.0. The van der Waals surface area contributed by atoms with Crippen LogP contribution < -0.4 is 0 Å². The number of alkyl halides is 3. The molecule has 0 radical (unpaired) electrons. The molecule has 2 aliphatic rings. The van der Waals surface area contributed by atoms with Gasteiger partial charge in [0.05, 0.1) is 36.4 Å². The number of carboxylic acid groups (broad SMARTS) is 1. The highest BCUT2D eigenvalue weighted by Gasteiger charge is 2.38. The van der Waals surface area contributed by atoms with E-state index in [9.17, 15) is 18.0 Å². The van der Waals surface area contributed by atoms with Crippen molar-refractivity contribution in [1.82, 2.24) is 14.7 Å².